The molecule has 1 aromatic carbocycles. The van der Waals surface area contributed by atoms with Crippen LogP contribution in [0, 0.1) is 0 Å². The first-order chi connectivity index (χ1) is 9.65. The van der Waals surface area contributed by atoms with Crippen LogP contribution in [0.15, 0.2) is 34.7 Å². The van der Waals surface area contributed by atoms with Gasteiger partial charge in [0.2, 0.25) is 5.76 Å². The molecule has 0 spiro atoms. The van der Waals surface area contributed by atoms with Crippen molar-refractivity contribution in [2.45, 2.75) is 0 Å². The van der Waals surface area contributed by atoms with Gasteiger partial charge in [0.25, 0.3) is 0 Å². The normalized spacial score (nSPS) is 10.7. The number of fused-ring (bicyclic) bond motifs is 1. The predicted molar refractivity (Wildman–Crippen MR) is 75.1 cm³/mol. The summed E-state index contributed by atoms with van der Waals surface area (Å²) in [6.07, 6.45) is 0. The first-order valence-electron chi connectivity index (χ1n) is 5.70. The van der Waals surface area contributed by atoms with Gasteiger partial charge in [-0.3, -0.25) is 0 Å². The fourth-order valence-corrected chi connectivity index (χ4v) is 2.61. The second-order valence-corrected chi connectivity index (χ2v) is 4.98. The number of anilines is 2. The van der Waals surface area contributed by atoms with Gasteiger partial charge in [-0.15, -0.1) is 0 Å². The van der Waals surface area contributed by atoms with Crippen LogP contribution in [0.25, 0.3) is 10.2 Å². The van der Waals surface area contributed by atoms with Gasteiger partial charge >= 0.3 is 5.97 Å². The molecule has 6 nitrogen and oxygen atoms in total. The molecule has 0 unspecified atom stereocenters. The van der Waals surface area contributed by atoms with Crippen molar-refractivity contribution in [1.29, 1.82) is 0 Å². The van der Waals surface area contributed by atoms with Gasteiger partial charge in [0.1, 0.15) is 5.75 Å². The van der Waals surface area contributed by atoms with Gasteiger partial charge in [-0.2, -0.15) is 0 Å². The fourth-order valence-electron chi connectivity index (χ4n) is 1.71. The number of nitrogens with zero attached hydrogens (tertiary/aromatic N) is 1. The molecule has 102 valence electrons. The molecule has 0 radical (unpaired) electrons. The van der Waals surface area contributed by atoms with E-state index in [9.17, 15) is 4.79 Å². The lowest BCUT2D eigenvalue weighted by atomic mass is 10.3. The largest absolute Gasteiger partial charge is 0.497 e. The van der Waals surface area contributed by atoms with Crippen molar-refractivity contribution in [2.75, 3.05) is 12.4 Å². The number of carbonyl (C=O) groups is 1. The molecule has 3 aromatic rings. The molecule has 2 heterocycles. The summed E-state index contributed by atoms with van der Waals surface area (Å²) in [4.78, 5) is 15.1. The van der Waals surface area contributed by atoms with E-state index < -0.39 is 5.97 Å². The maximum absolute atomic E-state index is 10.7. The molecule has 0 bridgehead atoms. The zero-order chi connectivity index (χ0) is 14.1. The molecule has 0 aliphatic carbocycles. The summed E-state index contributed by atoms with van der Waals surface area (Å²) in [6, 6.07) is 8.53. The summed E-state index contributed by atoms with van der Waals surface area (Å²) in [5.41, 5.74) is 0.836. The van der Waals surface area contributed by atoms with Crippen molar-refractivity contribution in [3.63, 3.8) is 0 Å². The Morgan fingerprint density at radius 2 is 2.25 bits per heavy atom. The van der Waals surface area contributed by atoms with Crippen LogP contribution < -0.4 is 10.1 Å². The summed E-state index contributed by atoms with van der Waals surface area (Å²) in [7, 11) is 1.61. The van der Waals surface area contributed by atoms with Crippen LogP contribution in [0.3, 0.4) is 0 Å². The van der Waals surface area contributed by atoms with Crippen molar-refractivity contribution in [3.05, 3.63) is 36.1 Å². The van der Waals surface area contributed by atoms with Crippen LogP contribution in [0.5, 0.6) is 5.75 Å². The summed E-state index contributed by atoms with van der Waals surface area (Å²) in [6.45, 7) is 0. The summed E-state index contributed by atoms with van der Waals surface area (Å²) in [5, 5.41) is 12.4. The van der Waals surface area contributed by atoms with Crippen molar-refractivity contribution < 1.29 is 19.1 Å². The number of rotatable bonds is 4. The highest BCUT2D eigenvalue weighted by atomic mass is 32.1. The zero-order valence-corrected chi connectivity index (χ0v) is 11.2. The van der Waals surface area contributed by atoms with Crippen LogP contribution in [0.2, 0.25) is 0 Å². The molecule has 0 amide bonds. The Morgan fingerprint density at radius 1 is 1.40 bits per heavy atom. The summed E-state index contributed by atoms with van der Waals surface area (Å²) < 4.78 is 11.2. The van der Waals surface area contributed by atoms with Crippen LogP contribution >= 0.6 is 11.3 Å². The van der Waals surface area contributed by atoms with E-state index in [1.165, 1.54) is 17.4 Å². The van der Waals surface area contributed by atoms with Crippen molar-refractivity contribution in [1.82, 2.24) is 4.98 Å². The quantitative estimate of drug-likeness (QED) is 0.766. The van der Waals surface area contributed by atoms with Crippen LogP contribution in [0.1, 0.15) is 10.6 Å². The molecule has 0 saturated heterocycles. The molecule has 2 aromatic heterocycles. The average molecular weight is 290 g/mol. The second kappa shape index (κ2) is 4.86. The van der Waals surface area contributed by atoms with Crippen LogP contribution in [0.4, 0.5) is 11.0 Å². The summed E-state index contributed by atoms with van der Waals surface area (Å²) in [5.74, 6) is -0.116. The van der Waals surface area contributed by atoms with Crippen molar-refractivity contribution in [3.8, 4) is 5.75 Å². The number of nitrogens with one attached hydrogen (secondary N) is 1. The third-order valence-corrected chi connectivity index (χ3v) is 3.58. The lowest BCUT2D eigenvalue weighted by Gasteiger charge is -1.96. The lowest BCUT2D eigenvalue weighted by molar-refractivity contribution is 0.0663. The molecule has 2 N–H and O–H groups in total. The van der Waals surface area contributed by atoms with Gasteiger partial charge in [-0.1, -0.05) is 11.3 Å². The Balaban J connectivity index is 1.88. The molecular formula is C13H10N2O4S. The van der Waals surface area contributed by atoms with E-state index in [4.69, 9.17) is 14.3 Å². The van der Waals surface area contributed by atoms with Gasteiger partial charge in [-0.25, -0.2) is 9.78 Å². The Bertz CT molecular complexity index is 778. The molecule has 20 heavy (non-hydrogen) atoms. The molecule has 0 atom stereocenters. The van der Waals surface area contributed by atoms with Gasteiger partial charge in [-0.05, 0) is 24.3 Å². The number of carboxylic acid groups (broad SMARTS) is 1. The Morgan fingerprint density at radius 3 is 2.95 bits per heavy atom. The Hall–Kier alpha value is -2.54. The number of methoxy groups -OCH3 is 1. The van der Waals surface area contributed by atoms with Crippen LogP contribution in [-0.4, -0.2) is 23.2 Å². The first-order valence-corrected chi connectivity index (χ1v) is 6.52. The highest BCUT2D eigenvalue weighted by molar-refractivity contribution is 7.22. The SMILES string of the molecule is COc1ccc2nc(Nc3ccc(C(=O)O)o3)sc2c1. The second-order valence-electron chi connectivity index (χ2n) is 3.95. The topological polar surface area (TPSA) is 84.6 Å². The van der Waals surface area contributed by atoms with Gasteiger partial charge in [0.15, 0.2) is 11.0 Å². The number of furan rings is 1. The lowest BCUT2D eigenvalue weighted by Crippen LogP contribution is -1.92. The van der Waals surface area contributed by atoms with Crippen molar-refractivity contribution >= 4 is 38.5 Å². The maximum atomic E-state index is 10.7. The van der Waals surface area contributed by atoms with E-state index in [1.807, 2.05) is 18.2 Å². The number of aromatic nitrogens is 1. The number of ether oxygens (including phenoxy) is 1. The molecule has 0 saturated carbocycles. The molecule has 0 aliphatic rings. The van der Waals surface area contributed by atoms with Gasteiger partial charge in [0.05, 0.1) is 17.3 Å². The Kier molecular flexibility index (Phi) is 3.03. The van der Waals surface area contributed by atoms with Crippen LogP contribution in [-0.2, 0) is 0 Å². The summed E-state index contributed by atoms with van der Waals surface area (Å²) >= 11 is 1.43. The number of carboxylic acids is 1. The van der Waals surface area contributed by atoms with E-state index in [-0.39, 0.29) is 5.76 Å². The average Bonchev–Trinajstić information content (AvgIpc) is 3.04. The number of hydrogen-bond acceptors (Lipinski definition) is 6. The molecule has 0 fully saturated rings. The minimum atomic E-state index is -1.10. The minimum Gasteiger partial charge on any atom is -0.497 e. The molecule has 0 aliphatic heterocycles. The van der Waals surface area contributed by atoms with E-state index in [1.54, 1.807) is 13.2 Å². The Labute approximate surface area is 117 Å². The van der Waals surface area contributed by atoms with Gasteiger partial charge in [0, 0.05) is 6.07 Å². The standard InChI is InChI=1S/C13H10N2O4S/c1-18-7-2-3-8-10(6-7)20-13(14-8)15-11-5-4-9(19-11)12(16)17/h2-6H,1H3,(H,14,15)(H,16,17). The number of benzene rings is 1. The highest BCUT2D eigenvalue weighted by Crippen LogP contribution is 2.31. The number of aromatic carboxylic acids is 1. The van der Waals surface area contributed by atoms with E-state index in [0.29, 0.717) is 11.0 Å². The number of thiazole rings is 1. The monoisotopic (exact) mass is 290 g/mol. The molecule has 7 heteroatoms. The third-order valence-electron chi connectivity index (χ3n) is 2.64. The number of hydrogen-bond donors (Lipinski definition) is 2. The first kappa shape index (κ1) is 12.5. The fraction of sp³-hybridized carbons (Fsp3) is 0.0769. The van der Waals surface area contributed by atoms with Crippen molar-refractivity contribution in [2.24, 2.45) is 0 Å². The molecule has 3 rings (SSSR count). The predicted octanol–water partition coefficient (Wildman–Crippen LogP) is 3.34. The molecular weight excluding hydrogens is 280 g/mol. The maximum Gasteiger partial charge on any atom is 0.371 e. The smallest absolute Gasteiger partial charge is 0.371 e. The minimum absolute atomic E-state index is 0.115. The van der Waals surface area contributed by atoms with E-state index in [2.05, 4.69) is 10.3 Å². The van der Waals surface area contributed by atoms with E-state index in [0.717, 1.165) is 16.0 Å². The third kappa shape index (κ3) is 2.30. The zero-order valence-electron chi connectivity index (χ0n) is 10.4. The van der Waals surface area contributed by atoms with Gasteiger partial charge < -0.3 is 19.6 Å². The highest BCUT2D eigenvalue weighted by Gasteiger charge is 2.11. The van der Waals surface area contributed by atoms with E-state index >= 15 is 0 Å².